The zero-order valence-electron chi connectivity index (χ0n) is 6.25. The summed E-state index contributed by atoms with van der Waals surface area (Å²) in [6, 6.07) is 9.06. The fraction of sp³-hybridized carbons (Fsp3) is 0.143. The van der Waals surface area contributed by atoms with Gasteiger partial charge in [0.25, 0.3) is 0 Å². The van der Waals surface area contributed by atoms with Crippen LogP contribution in [0.2, 0.25) is 0 Å². The van der Waals surface area contributed by atoms with Gasteiger partial charge < -0.3 is 0 Å². The van der Waals surface area contributed by atoms with Gasteiger partial charge in [-0.3, -0.25) is 0 Å². The molecule has 66 valence electrons. The van der Waals surface area contributed by atoms with Crippen molar-refractivity contribution in [1.29, 1.82) is 0 Å². The molecule has 0 aromatic heterocycles. The summed E-state index contributed by atoms with van der Waals surface area (Å²) in [5, 5.41) is 0. The van der Waals surface area contributed by atoms with Crippen molar-refractivity contribution in [3.8, 4) is 0 Å². The Labute approximate surface area is 69.6 Å². The van der Waals surface area contributed by atoms with E-state index in [9.17, 15) is 9.79 Å². The van der Waals surface area contributed by atoms with Crippen LogP contribution in [0.4, 0.5) is 0 Å². The predicted molar refractivity (Wildman–Crippen MR) is 43.7 cm³/mol. The van der Waals surface area contributed by atoms with Gasteiger partial charge in [-0.2, -0.15) is 0 Å². The molecule has 0 bridgehead atoms. The van der Waals surface area contributed by atoms with Crippen molar-refractivity contribution in [2.45, 2.75) is 6.16 Å². The first-order chi connectivity index (χ1) is 5.57. The van der Waals surface area contributed by atoms with Crippen LogP contribution in [-0.2, 0) is 15.5 Å². The van der Waals surface area contributed by atoms with Gasteiger partial charge in [0.05, 0.1) is 0 Å². The first-order valence-electron chi connectivity index (χ1n) is 3.51. The molecule has 1 aliphatic heterocycles. The minimum atomic E-state index is -4.10. The second-order valence-electron chi connectivity index (χ2n) is 2.82. The standard InChI is InChI=1S/C7H9O4P/c8-12(9,10-11-12)6-7-4-2-1-3-5-7/h1-5,8-9H,6H2. The van der Waals surface area contributed by atoms with Crippen LogP contribution >= 0.6 is 7.51 Å². The SMILES string of the molecule is OP1(O)(Cc2ccccc2)OO1. The molecule has 1 fully saturated rings. The molecule has 1 heterocycles. The Morgan fingerprint density at radius 3 is 2.17 bits per heavy atom. The van der Waals surface area contributed by atoms with Crippen molar-refractivity contribution in [3.05, 3.63) is 35.9 Å². The van der Waals surface area contributed by atoms with E-state index in [1.54, 1.807) is 12.1 Å². The van der Waals surface area contributed by atoms with Crippen LogP contribution in [0.5, 0.6) is 0 Å². The first kappa shape index (κ1) is 8.10. The van der Waals surface area contributed by atoms with E-state index in [1.165, 1.54) is 0 Å². The molecule has 4 nitrogen and oxygen atoms in total. The second-order valence-corrected chi connectivity index (χ2v) is 5.50. The summed E-state index contributed by atoms with van der Waals surface area (Å²) in [5.41, 5.74) is 0.790. The molecule has 0 unspecified atom stereocenters. The van der Waals surface area contributed by atoms with Crippen LogP contribution in [0.1, 0.15) is 5.56 Å². The molecule has 2 rings (SSSR count). The third-order valence-corrected chi connectivity index (χ3v) is 3.14. The molecule has 0 radical (unpaired) electrons. The number of benzene rings is 1. The Bertz CT molecular complexity index is 290. The van der Waals surface area contributed by atoms with Gasteiger partial charge in [0.1, 0.15) is 0 Å². The van der Waals surface area contributed by atoms with Gasteiger partial charge in [-0.05, 0) is 0 Å². The van der Waals surface area contributed by atoms with Gasteiger partial charge in [0.2, 0.25) is 0 Å². The molecule has 1 aromatic carbocycles. The van der Waals surface area contributed by atoms with Gasteiger partial charge in [0, 0.05) is 0 Å². The van der Waals surface area contributed by atoms with Crippen LogP contribution in [0, 0.1) is 0 Å². The van der Waals surface area contributed by atoms with E-state index in [-0.39, 0.29) is 6.16 Å². The fourth-order valence-corrected chi connectivity index (χ4v) is 2.37. The van der Waals surface area contributed by atoms with E-state index in [1.807, 2.05) is 18.2 Å². The van der Waals surface area contributed by atoms with Crippen molar-refractivity contribution in [3.63, 3.8) is 0 Å². The first-order valence-corrected chi connectivity index (χ1v) is 5.68. The predicted octanol–water partition coefficient (Wildman–Crippen LogP) is 1.35. The molecular weight excluding hydrogens is 179 g/mol. The summed E-state index contributed by atoms with van der Waals surface area (Å²) < 4.78 is 8.46. The molecule has 0 amide bonds. The number of hydrogen-bond donors (Lipinski definition) is 2. The van der Waals surface area contributed by atoms with Crippen molar-refractivity contribution in [2.24, 2.45) is 0 Å². The average Bonchev–Trinajstić information content (AvgIpc) is 2.64. The van der Waals surface area contributed by atoms with Crippen molar-refractivity contribution in [2.75, 3.05) is 0 Å². The quantitative estimate of drug-likeness (QED) is 0.417. The van der Waals surface area contributed by atoms with Crippen molar-refractivity contribution in [1.82, 2.24) is 0 Å². The van der Waals surface area contributed by atoms with E-state index < -0.39 is 7.51 Å². The molecule has 0 saturated carbocycles. The fourth-order valence-electron chi connectivity index (χ4n) is 1.00. The Morgan fingerprint density at radius 2 is 1.67 bits per heavy atom. The van der Waals surface area contributed by atoms with E-state index in [0.717, 1.165) is 5.56 Å². The Hall–Kier alpha value is -0.510. The van der Waals surface area contributed by atoms with Gasteiger partial charge in [-0.1, -0.05) is 0 Å². The number of rotatable bonds is 2. The molecule has 0 aliphatic carbocycles. The van der Waals surface area contributed by atoms with Gasteiger partial charge in [-0.25, -0.2) is 0 Å². The van der Waals surface area contributed by atoms with Crippen LogP contribution in [0.3, 0.4) is 0 Å². The van der Waals surface area contributed by atoms with Crippen LogP contribution < -0.4 is 0 Å². The van der Waals surface area contributed by atoms with E-state index >= 15 is 0 Å². The third-order valence-electron chi connectivity index (χ3n) is 1.61. The topological polar surface area (TPSA) is 65.5 Å². The molecule has 1 aliphatic rings. The molecule has 1 saturated heterocycles. The van der Waals surface area contributed by atoms with Crippen molar-refractivity contribution < 1.29 is 19.1 Å². The zero-order chi connectivity index (χ0) is 8.68. The molecule has 0 spiro atoms. The Kier molecular flexibility index (Phi) is 1.52. The van der Waals surface area contributed by atoms with E-state index in [2.05, 4.69) is 9.35 Å². The normalized spacial score (nSPS) is 27.0. The van der Waals surface area contributed by atoms with E-state index in [4.69, 9.17) is 0 Å². The summed E-state index contributed by atoms with van der Waals surface area (Å²) in [5.74, 6) is 0. The summed E-state index contributed by atoms with van der Waals surface area (Å²) in [4.78, 5) is 18.6. The van der Waals surface area contributed by atoms with E-state index in [0.29, 0.717) is 0 Å². The van der Waals surface area contributed by atoms with Crippen LogP contribution in [0.15, 0.2) is 30.3 Å². The minimum absolute atomic E-state index is 0.0342. The maximum atomic E-state index is 9.29. The maximum absolute atomic E-state index is 9.29. The zero-order valence-corrected chi connectivity index (χ0v) is 7.15. The van der Waals surface area contributed by atoms with Crippen LogP contribution in [0.25, 0.3) is 0 Å². The molecule has 0 atom stereocenters. The second kappa shape index (κ2) is 2.25. The van der Waals surface area contributed by atoms with Gasteiger partial charge >= 0.3 is 68.7 Å². The van der Waals surface area contributed by atoms with Gasteiger partial charge in [0.15, 0.2) is 0 Å². The average molecular weight is 188 g/mol. The Balaban J connectivity index is 2.15. The third kappa shape index (κ3) is 1.63. The molecule has 5 heteroatoms. The van der Waals surface area contributed by atoms with Crippen molar-refractivity contribution >= 4 is 7.51 Å². The van der Waals surface area contributed by atoms with Crippen LogP contribution in [-0.4, -0.2) is 9.79 Å². The van der Waals surface area contributed by atoms with Gasteiger partial charge in [-0.15, -0.1) is 0 Å². The monoisotopic (exact) mass is 188 g/mol. The molecule has 12 heavy (non-hydrogen) atoms. The summed E-state index contributed by atoms with van der Waals surface area (Å²) in [7, 11) is -4.10. The summed E-state index contributed by atoms with van der Waals surface area (Å²) >= 11 is 0. The Morgan fingerprint density at radius 1 is 1.08 bits per heavy atom. The molecule has 1 aromatic rings. The molecular formula is C7H9O4P. The number of hydrogen-bond acceptors (Lipinski definition) is 4. The summed E-state index contributed by atoms with van der Waals surface area (Å²) in [6.45, 7) is 0. The summed E-state index contributed by atoms with van der Waals surface area (Å²) in [6.07, 6.45) is 0.0342. The molecule has 2 N–H and O–H groups in total.